The molecule has 0 saturated carbocycles. The Morgan fingerprint density at radius 1 is 1.19 bits per heavy atom. The molecule has 0 spiro atoms. The van der Waals surface area contributed by atoms with Gasteiger partial charge in [-0.05, 0) is 26.2 Å². The normalized spacial score (nSPS) is 27.5. The molecule has 0 unspecified atom stereocenters. The lowest BCUT2D eigenvalue weighted by Crippen LogP contribution is -2.40. The van der Waals surface area contributed by atoms with Gasteiger partial charge in [-0.2, -0.15) is 0 Å². The van der Waals surface area contributed by atoms with E-state index < -0.39 is 24.4 Å². The maximum atomic E-state index is 9.83. The van der Waals surface area contributed by atoms with Crippen molar-refractivity contribution in [2.45, 2.75) is 69.9 Å². The van der Waals surface area contributed by atoms with Crippen molar-refractivity contribution in [2.75, 3.05) is 19.8 Å². The lowest BCUT2D eigenvalue weighted by Gasteiger charge is -2.20. The first-order chi connectivity index (χ1) is 10.2. The van der Waals surface area contributed by atoms with Crippen molar-refractivity contribution < 1.29 is 24.8 Å². The van der Waals surface area contributed by atoms with Crippen molar-refractivity contribution in [2.24, 2.45) is 0 Å². The monoisotopic (exact) mass is 302 g/mol. The highest BCUT2D eigenvalue weighted by molar-refractivity contribution is 4.87. The molecule has 21 heavy (non-hydrogen) atoms. The number of ether oxygens (including phenoxy) is 2. The van der Waals surface area contributed by atoms with Crippen LogP contribution in [0, 0.1) is 0 Å². The lowest BCUT2D eigenvalue weighted by atomic mass is 10.1. The molecule has 0 amide bonds. The highest BCUT2D eigenvalue weighted by Crippen LogP contribution is 2.17. The molecule has 124 valence electrons. The van der Waals surface area contributed by atoms with Crippen LogP contribution in [0.3, 0.4) is 0 Å². The van der Waals surface area contributed by atoms with Crippen LogP contribution in [0.5, 0.6) is 0 Å². The quantitative estimate of drug-likeness (QED) is 0.397. The minimum absolute atomic E-state index is 0.0656. The largest absolute Gasteiger partial charge is 0.388 e. The zero-order valence-corrected chi connectivity index (χ0v) is 13.0. The molecule has 0 radical (unpaired) electrons. The van der Waals surface area contributed by atoms with Crippen molar-refractivity contribution in [1.82, 2.24) is 0 Å². The average Bonchev–Trinajstić information content (AvgIpc) is 2.81. The predicted octanol–water partition coefficient (Wildman–Crippen LogP) is 1.40. The Kier molecular flexibility index (Phi) is 9.87. The smallest absolute Gasteiger partial charge is 0.114 e. The topological polar surface area (TPSA) is 79.2 Å². The first-order valence-electron chi connectivity index (χ1n) is 8.01. The van der Waals surface area contributed by atoms with E-state index >= 15 is 0 Å². The number of allylic oxidation sites excluding steroid dienone is 2. The summed E-state index contributed by atoms with van der Waals surface area (Å²) in [5.41, 5.74) is 0. The molecule has 0 bridgehead atoms. The predicted molar refractivity (Wildman–Crippen MR) is 81.1 cm³/mol. The van der Waals surface area contributed by atoms with Crippen LogP contribution in [0.2, 0.25) is 0 Å². The van der Waals surface area contributed by atoms with E-state index in [2.05, 4.69) is 12.2 Å². The number of aliphatic hydroxyl groups excluding tert-OH is 3. The number of hydrogen-bond donors (Lipinski definition) is 3. The molecule has 5 nitrogen and oxygen atoms in total. The minimum Gasteiger partial charge on any atom is -0.388 e. The summed E-state index contributed by atoms with van der Waals surface area (Å²) in [4.78, 5) is 0. The first-order valence-corrected chi connectivity index (χ1v) is 8.01. The van der Waals surface area contributed by atoms with Gasteiger partial charge in [0.15, 0.2) is 0 Å². The second-order valence-corrected chi connectivity index (χ2v) is 5.62. The van der Waals surface area contributed by atoms with E-state index in [1.54, 1.807) is 0 Å². The van der Waals surface area contributed by atoms with E-state index in [9.17, 15) is 15.3 Å². The van der Waals surface area contributed by atoms with Crippen molar-refractivity contribution in [1.29, 1.82) is 0 Å². The van der Waals surface area contributed by atoms with Gasteiger partial charge in [-0.15, -0.1) is 0 Å². The van der Waals surface area contributed by atoms with E-state index in [4.69, 9.17) is 9.47 Å². The fourth-order valence-electron chi connectivity index (χ4n) is 2.43. The minimum atomic E-state index is -1.03. The van der Waals surface area contributed by atoms with Crippen LogP contribution in [0.15, 0.2) is 12.2 Å². The summed E-state index contributed by atoms with van der Waals surface area (Å²) in [6.07, 6.45) is 7.67. The van der Waals surface area contributed by atoms with Gasteiger partial charge in [-0.3, -0.25) is 0 Å². The van der Waals surface area contributed by atoms with Crippen molar-refractivity contribution >= 4 is 0 Å². The Hall–Kier alpha value is -0.460. The molecule has 5 heteroatoms. The first kappa shape index (κ1) is 18.6. The van der Waals surface area contributed by atoms with Gasteiger partial charge >= 0.3 is 0 Å². The summed E-state index contributed by atoms with van der Waals surface area (Å²) >= 11 is 0. The Labute approximate surface area is 127 Å². The second kappa shape index (κ2) is 11.2. The summed E-state index contributed by atoms with van der Waals surface area (Å²) in [6, 6.07) is 0. The Morgan fingerprint density at radius 3 is 2.57 bits per heavy atom. The van der Waals surface area contributed by atoms with E-state index in [-0.39, 0.29) is 13.2 Å². The fourth-order valence-corrected chi connectivity index (χ4v) is 2.43. The maximum Gasteiger partial charge on any atom is 0.114 e. The molecule has 1 saturated heterocycles. The number of unbranched alkanes of at least 4 members (excludes halogenated alkanes) is 5. The molecule has 1 heterocycles. The fraction of sp³-hybridized carbons (Fsp3) is 0.875. The molecule has 0 aromatic rings. The Balaban J connectivity index is 1.92. The second-order valence-electron chi connectivity index (χ2n) is 5.62. The number of hydrogen-bond acceptors (Lipinski definition) is 5. The van der Waals surface area contributed by atoms with Crippen LogP contribution >= 0.6 is 0 Å². The molecule has 0 aromatic heterocycles. The van der Waals surface area contributed by atoms with Gasteiger partial charge in [0.1, 0.15) is 24.4 Å². The zero-order valence-electron chi connectivity index (χ0n) is 13.0. The van der Waals surface area contributed by atoms with Crippen LogP contribution < -0.4 is 0 Å². The molecule has 0 aromatic carbocycles. The van der Waals surface area contributed by atoms with Gasteiger partial charge in [0, 0.05) is 6.61 Å². The molecule has 1 rings (SSSR count). The highest BCUT2D eigenvalue weighted by atomic mass is 16.5. The van der Waals surface area contributed by atoms with E-state index in [0.29, 0.717) is 6.61 Å². The SMILES string of the molecule is C/C=C/CCCCCCCOC[C@@H](O)[C@H]1OC[C@H](O)[C@H]1O. The van der Waals surface area contributed by atoms with Gasteiger partial charge in [0.25, 0.3) is 0 Å². The van der Waals surface area contributed by atoms with Gasteiger partial charge in [-0.25, -0.2) is 0 Å². The Bertz CT molecular complexity index is 282. The van der Waals surface area contributed by atoms with E-state index in [1.807, 2.05) is 6.92 Å². The molecule has 1 aliphatic rings. The van der Waals surface area contributed by atoms with Crippen LogP contribution in [0.1, 0.15) is 45.4 Å². The number of rotatable bonds is 11. The summed E-state index contributed by atoms with van der Waals surface area (Å²) in [6.45, 7) is 2.85. The third-order valence-electron chi connectivity index (χ3n) is 3.75. The summed E-state index contributed by atoms with van der Waals surface area (Å²) < 4.78 is 10.5. The third-order valence-corrected chi connectivity index (χ3v) is 3.75. The molecule has 1 aliphatic heterocycles. The van der Waals surface area contributed by atoms with Crippen LogP contribution in [-0.4, -0.2) is 59.6 Å². The highest BCUT2D eigenvalue weighted by Gasteiger charge is 2.39. The molecule has 3 N–H and O–H groups in total. The van der Waals surface area contributed by atoms with Crippen molar-refractivity contribution in [3.63, 3.8) is 0 Å². The molecule has 4 atom stereocenters. The van der Waals surface area contributed by atoms with E-state index in [0.717, 1.165) is 19.3 Å². The zero-order chi connectivity index (χ0) is 15.5. The molecular formula is C16H30O5. The van der Waals surface area contributed by atoms with Gasteiger partial charge in [0.2, 0.25) is 0 Å². The summed E-state index contributed by atoms with van der Waals surface area (Å²) in [7, 11) is 0. The molecule has 1 fully saturated rings. The van der Waals surface area contributed by atoms with Crippen LogP contribution in [0.4, 0.5) is 0 Å². The van der Waals surface area contributed by atoms with Gasteiger partial charge < -0.3 is 24.8 Å². The van der Waals surface area contributed by atoms with Gasteiger partial charge in [-0.1, -0.05) is 31.4 Å². The van der Waals surface area contributed by atoms with Crippen molar-refractivity contribution in [3.05, 3.63) is 12.2 Å². The maximum absolute atomic E-state index is 9.83. The number of aliphatic hydroxyl groups is 3. The van der Waals surface area contributed by atoms with Gasteiger partial charge in [0.05, 0.1) is 13.2 Å². The van der Waals surface area contributed by atoms with E-state index in [1.165, 1.54) is 19.3 Å². The molecule has 0 aliphatic carbocycles. The van der Waals surface area contributed by atoms with Crippen molar-refractivity contribution in [3.8, 4) is 0 Å². The summed E-state index contributed by atoms with van der Waals surface area (Å²) in [5, 5.41) is 28.8. The molecular weight excluding hydrogens is 272 g/mol. The van der Waals surface area contributed by atoms with Crippen LogP contribution in [-0.2, 0) is 9.47 Å². The van der Waals surface area contributed by atoms with Crippen LogP contribution in [0.25, 0.3) is 0 Å². The average molecular weight is 302 g/mol. The summed E-state index contributed by atoms with van der Waals surface area (Å²) in [5.74, 6) is 0. The Morgan fingerprint density at radius 2 is 1.90 bits per heavy atom. The lowest BCUT2D eigenvalue weighted by molar-refractivity contribution is -0.0813. The third kappa shape index (κ3) is 7.38. The standard InChI is InChI=1S/C16H30O5/c1-2-3-4-5-6-7-8-9-10-20-11-14(18)16-15(19)13(17)12-21-16/h2-3,13-19H,4-12H2,1H3/b3-2+/t13-,14+,15+,16+/m0/s1.